The van der Waals surface area contributed by atoms with Crippen molar-refractivity contribution in [2.75, 3.05) is 11.9 Å². The van der Waals surface area contributed by atoms with Gasteiger partial charge in [-0.2, -0.15) is 0 Å². The smallest absolute Gasteiger partial charge is 0.331 e. The number of carbonyl (C=O) groups excluding carboxylic acids is 2. The monoisotopic (exact) mass is 338 g/mol. The number of para-hydroxylation sites is 1. The zero-order valence-electron chi connectivity index (χ0n) is 14.5. The van der Waals surface area contributed by atoms with Gasteiger partial charge in [-0.1, -0.05) is 18.2 Å². The molecular weight excluding hydrogens is 316 g/mol. The first kappa shape index (κ1) is 17.0. The lowest BCUT2D eigenvalue weighted by atomic mass is 10.2. The third kappa shape index (κ3) is 4.38. The number of hydrogen-bond donors (Lipinski definition) is 1. The number of rotatable bonds is 6. The average Bonchev–Trinajstić information content (AvgIpc) is 3.38. The second kappa shape index (κ2) is 7.38. The van der Waals surface area contributed by atoms with Crippen molar-refractivity contribution < 1.29 is 14.3 Å². The van der Waals surface area contributed by atoms with Gasteiger partial charge in [0.2, 0.25) is 0 Å². The molecule has 1 heterocycles. The van der Waals surface area contributed by atoms with Crippen LogP contribution < -0.4 is 5.32 Å². The van der Waals surface area contributed by atoms with Crippen LogP contribution in [-0.2, 0) is 14.3 Å². The molecule has 2 aromatic rings. The molecule has 1 amide bonds. The summed E-state index contributed by atoms with van der Waals surface area (Å²) in [5, 5.41) is 2.67. The molecule has 130 valence electrons. The maximum atomic E-state index is 11.8. The van der Waals surface area contributed by atoms with Crippen molar-refractivity contribution in [3.63, 3.8) is 0 Å². The van der Waals surface area contributed by atoms with Crippen molar-refractivity contribution >= 4 is 23.6 Å². The number of anilines is 1. The van der Waals surface area contributed by atoms with E-state index in [1.54, 1.807) is 18.2 Å². The highest BCUT2D eigenvalue weighted by Gasteiger charge is 2.26. The number of ether oxygens (including phenoxy) is 1. The third-order valence-corrected chi connectivity index (χ3v) is 4.24. The molecule has 3 rings (SSSR count). The molecule has 1 aromatic carbocycles. The molecule has 5 heteroatoms. The predicted molar refractivity (Wildman–Crippen MR) is 97.2 cm³/mol. The van der Waals surface area contributed by atoms with E-state index >= 15 is 0 Å². The fourth-order valence-corrected chi connectivity index (χ4v) is 2.93. The van der Waals surface area contributed by atoms with E-state index in [1.807, 2.05) is 18.2 Å². The summed E-state index contributed by atoms with van der Waals surface area (Å²) in [6.07, 6.45) is 5.56. The minimum Gasteiger partial charge on any atom is -0.452 e. The minimum absolute atomic E-state index is 0.306. The molecule has 0 spiro atoms. The van der Waals surface area contributed by atoms with Gasteiger partial charge in [0.1, 0.15) is 0 Å². The maximum absolute atomic E-state index is 11.8. The zero-order valence-corrected chi connectivity index (χ0v) is 14.5. The molecule has 1 saturated carbocycles. The summed E-state index contributed by atoms with van der Waals surface area (Å²) in [4.78, 5) is 23.6. The summed E-state index contributed by atoms with van der Waals surface area (Å²) in [7, 11) is 0. The van der Waals surface area contributed by atoms with E-state index in [4.69, 9.17) is 4.74 Å². The van der Waals surface area contributed by atoms with Crippen molar-refractivity contribution in [2.45, 2.75) is 32.7 Å². The molecule has 0 saturated heterocycles. The topological polar surface area (TPSA) is 60.3 Å². The van der Waals surface area contributed by atoms with E-state index in [0.717, 1.165) is 11.3 Å². The number of benzene rings is 1. The molecule has 0 radical (unpaired) electrons. The molecule has 5 nitrogen and oxygen atoms in total. The number of amides is 1. The van der Waals surface area contributed by atoms with Crippen molar-refractivity contribution in [3.05, 3.63) is 59.4 Å². The summed E-state index contributed by atoms with van der Waals surface area (Å²) in [6, 6.07) is 11.7. The van der Waals surface area contributed by atoms with Crippen LogP contribution in [0.5, 0.6) is 0 Å². The Kier molecular flexibility index (Phi) is 5.03. The number of nitrogens with one attached hydrogen (secondary N) is 1. The summed E-state index contributed by atoms with van der Waals surface area (Å²) < 4.78 is 7.31. The number of aromatic nitrogens is 1. The molecule has 1 aliphatic carbocycles. The fourth-order valence-electron chi connectivity index (χ4n) is 2.93. The average molecular weight is 338 g/mol. The molecular formula is C20H22N2O3. The lowest BCUT2D eigenvalue weighted by Gasteiger charge is -2.06. The Labute approximate surface area is 147 Å². The molecule has 1 N–H and O–H groups in total. The summed E-state index contributed by atoms with van der Waals surface area (Å²) in [5.41, 5.74) is 4.04. The van der Waals surface area contributed by atoms with Gasteiger partial charge < -0.3 is 14.6 Å². The van der Waals surface area contributed by atoms with Crippen LogP contribution in [0.3, 0.4) is 0 Å². The lowest BCUT2D eigenvalue weighted by Crippen LogP contribution is -2.20. The van der Waals surface area contributed by atoms with Gasteiger partial charge in [0.15, 0.2) is 6.61 Å². The third-order valence-electron chi connectivity index (χ3n) is 4.24. The first-order valence-electron chi connectivity index (χ1n) is 8.43. The molecule has 1 aliphatic rings. The number of carbonyl (C=O) groups is 2. The number of nitrogens with zero attached hydrogens (tertiary/aromatic N) is 1. The Morgan fingerprint density at radius 2 is 1.96 bits per heavy atom. The molecule has 0 bridgehead atoms. The van der Waals surface area contributed by atoms with Crippen LogP contribution in [0.1, 0.15) is 35.8 Å². The van der Waals surface area contributed by atoms with Gasteiger partial charge >= 0.3 is 5.97 Å². The largest absolute Gasteiger partial charge is 0.452 e. The highest BCUT2D eigenvalue weighted by Crippen LogP contribution is 2.38. The van der Waals surface area contributed by atoms with Gasteiger partial charge in [0.25, 0.3) is 5.91 Å². The van der Waals surface area contributed by atoms with Crippen molar-refractivity contribution in [1.29, 1.82) is 0 Å². The first-order chi connectivity index (χ1) is 12.0. The Bertz CT molecular complexity index is 802. The van der Waals surface area contributed by atoms with Gasteiger partial charge in [-0.05, 0) is 56.5 Å². The van der Waals surface area contributed by atoms with E-state index in [1.165, 1.54) is 24.6 Å². The molecule has 1 fully saturated rings. The van der Waals surface area contributed by atoms with Crippen molar-refractivity contribution in [1.82, 2.24) is 4.57 Å². The molecule has 0 aliphatic heterocycles. The lowest BCUT2D eigenvalue weighted by molar-refractivity contribution is -0.142. The van der Waals surface area contributed by atoms with Crippen LogP contribution in [0.4, 0.5) is 5.69 Å². The fraction of sp³-hybridized carbons (Fsp3) is 0.300. The Morgan fingerprint density at radius 1 is 1.24 bits per heavy atom. The van der Waals surface area contributed by atoms with Crippen LogP contribution in [0.15, 0.2) is 42.5 Å². The van der Waals surface area contributed by atoms with E-state index in [2.05, 4.69) is 29.8 Å². The quantitative estimate of drug-likeness (QED) is 0.646. The predicted octanol–water partition coefficient (Wildman–Crippen LogP) is 3.63. The van der Waals surface area contributed by atoms with E-state index < -0.39 is 5.97 Å². The van der Waals surface area contributed by atoms with Crippen molar-refractivity contribution in [2.24, 2.45) is 0 Å². The van der Waals surface area contributed by atoms with E-state index in [-0.39, 0.29) is 12.5 Å². The normalized spacial score (nSPS) is 13.8. The van der Waals surface area contributed by atoms with Crippen LogP contribution in [-0.4, -0.2) is 23.1 Å². The van der Waals surface area contributed by atoms with Crippen LogP contribution in [0.25, 0.3) is 6.08 Å². The maximum Gasteiger partial charge on any atom is 0.331 e. The van der Waals surface area contributed by atoms with Crippen LogP contribution >= 0.6 is 0 Å². The number of esters is 1. The van der Waals surface area contributed by atoms with Crippen LogP contribution in [0, 0.1) is 13.8 Å². The van der Waals surface area contributed by atoms with E-state index in [0.29, 0.717) is 11.7 Å². The van der Waals surface area contributed by atoms with E-state index in [9.17, 15) is 9.59 Å². The number of aryl methyl sites for hydroxylation is 1. The second-order valence-corrected chi connectivity index (χ2v) is 6.28. The first-order valence-corrected chi connectivity index (χ1v) is 8.43. The SMILES string of the molecule is Cc1cc(/C=C/C(=O)OCC(=O)Nc2ccccc2)c(C)n1C1CC1. The minimum atomic E-state index is -0.528. The Morgan fingerprint density at radius 3 is 2.64 bits per heavy atom. The zero-order chi connectivity index (χ0) is 17.8. The Balaban J connectivity index is 1.51. The molecule has 0 unspecified atom stereocenters. The van der Waals surface area contributed by atoms with Crippen molar-refractivity contribution in [3.8, 4) is 0 Å². The summed E-state index contributed by atoms with van der Waals surface area (Å²) in [6.45, 7) is 3.83. The number of hydrogen-bond acceptors (Lipinski definition) is 3. The molecule has 0 atom stereocenters. The standard InChI is InChI=1S/C20H22N2O3/c1-14-12-16(15(2)22(14)18-9-10-18)8-11-20(24)25-13-19(23)21-17-6-4-3-5-7-17/h3-8,11-12,18H,9-10,13H2,1-2H3,(H,21,23)/b11-8+. The molecule has 25 heavy (non-hydrogen) atoms. The highest BCUT2D eigenvalue weighted by molar-refractivity contribution is 5.94. The molecule has 1 aromatic heterocycles. The van der Waals surface area contributed by atoms with Gasteiger partial charge in [-0.3, -0.25) is 4.79 Å². The van der Waals surface area contributed by atoms with Gasteiger partial charge in [-0.25, -0.2) is 4.79 Å². The van der Waals surface area contributed by atoms with Gasteiger partial charge in [-0.15, -0.1) is 0 Å². The highest BCUT2D eigenvalue weighted by atomic mass is 16.5. The summed E-state index contributed by atoms with van der Waals surface area (Å²) >= 11 is 0. The summed E-state index contributed by atoms with van der Waals surface area (Å²) in [5.74, 6) is -0.890. The van der Waals surface area contributed by atoms with Gasteiger partial charge in [0, 0.05) is 29.2 Å². The second-order valence-electron chi connectivity index (χ2n) is 6.28. The Hall–Kier alpha value is -2.82. The van der Waals surface area contributed by atoms with Crippen LogP contribution in [0.2, 0.25) is 0 Å². The van der Waals surface area contributed by atoms with Gasteiger partial charge in [0.05, 0.1) is 0 Å².